The number of benzene rings is 2. The molecule has 2 aromatic rings. The van der Waals surface area contributed by atoms with Crippen LogP contribution in [0.3, 0.4) is 0 Å². The maximum absolute atomic E-state index is 12.5. The van der Waals surface area contributed by atoms with Crippen molar-refractivity contribution in [2.45, 2.75) is 18.2 Å². The first-order valence-corrected chi connectivity index (χ1v) is 9.11. The Bertz CT molecular complexity index is 905. The van der Waals surface area contributed by atoms with Crippen molar-refractivity contribution in [1.29, 1.82) is 0 Å². The minimum Gasteiger partial charge on any atom is -0.490 e. The van der Waals surface area contributed by atoms with E-state index in [4.69, 9.17) is 9.47 Å². The number of carboxylic acid groups (broad SMARTS) is 1. The van der Waals surface area contributed by atoms with Gasteiger partial charge in [0, 0.05) is 18.6 Å². The first-order valence-electron chi connectivity index (χ1n) is 7.63. The molecule has 0 aliphatic carbocycles. The van der Waals surface area contributed by atoms with Crippen molar-refractivity contribution in [2.75, 3.05) is 17.9 Å². The number of rotatable bonds is 4. The number of hydrogen-bond donors (Lipinski definition) is 2. The average Bonchev–Trinajstić information content (AvgIpc) is 2.78. The summed E-state index contributed by atoms with van der Waals surface area (Å²) in [5.74, 6) is -0.672. The van der Waals surface area contributed by atoms with Gasteiger partial charge in [0.25, 0.3) is 10.0 Å². The van der Waals surface area contributed by atoms with E-state index in [1.54, 1.807) is 12.1 Å². The Kier molecular flexibility index (Phi) is 4.54. The number of nitrogens with one attached hydrogen (secondary N) is 1. The molecule has 0 bridgehead atoms. The van der Waals surface area contributed by atoms with Crippen LogP contribution >= 0.6 is 0 Å². The topological polar surface area (TPSA) is 102 Å². The minimum absolute atomic E-state index is 0.0431. The number of ether oxygens (including phenoxy) is 2. The van der Waals surface area contributed by atoms with Gasteiger partial charge in [-0.1, -0.05) is 17.7 Å². The molecule has 1 aliphatic rings. The highest BCUT2D eigenvalue weighted by atomic mass is 32.2. The van der Waals surface area contributed by atoms with Crippen molar-refractivity contribution in [3.63, 3.8) is 0 Å². The number of aromatic carboxylic acids is 1. The van der Waals surface area contributed by atoms with Gasteiger partial charge in [-0.05, 0) is 19.1 Å². The fraction of sp³-hybridized carbons (Fsp3) is 0.235. The van der Waals surface area contributed by atoms with Crippen LogP contribution in [0.5, 0.6) is 11.5 Å². The third-order valence-corrected chi connectivity index (χ3v) is 5.08. The maximum atomic E-state index is 12.5. The summed E-state index contributed by atoms with van der Waals surface area (Å²) in [5, 5.41) is 9.41. The predicted molar refractivity (Wildman–Crippen MR) is 91.0 cm³/mol. The van der Waals surface area contributed by atoms with E-state index in [1.807, 2.05) is 6.92 Å². The van der Waals surface area contributed by atoms with E-state index >= 15 is 0 Å². The smallest absolute Gasteiger partial charge is 0.337 e. The lowest BCUT2D eigenvalue weighted by Crippen LogP contribution is -2.16. The number of aryl methyl sites for hydroxylation is 1. The molecule has 3 rings (SSSR count). The van der Waals surface area contributed by atoms with E-state index in [1.165, 1.54) is 24.3 Å². The number of carbonyl (C=O) groups is 1. The highest BCUT2D eigenvalue weighted by Gasteiger charge is 2.23. The molecule has 0 unspecified atom stereocenters. The Morgan fingerprint density at radius 3 is 2.28 bits per heavy atom. The highest BCUT2D eigenvalue weighted by Crippen LogP contribution is 2.36. The molecular formula is C17H17NO6S. The van der Waals surface area contributed by atoms with Crippen LogP contribution < -0.4 is 14.2 Å². The van der Waals surface area contributed by atoms with E-state index in [0.717, 1.165) is 5.56 Å². The van der Waals surface area contributed by atoms with Crippen LogP contribution in [0.25, 0.3) is 0 Å². The first-order chi connectivity index (χ1) is 11.9. The zero-order valence-electron chi connectivity index (χ0n) is 13.5. The Labute approximate surface area is 145 Å². The molecule has 0 fully saturated rings. The van der Waals surface area contributed by atoms with E-state index in [-0.39, 0.29) is 21.9 Å². The summed E-state index contributed by atoms with van der Waals surface area (Å²) >= 11 is 0. The molecular weight excluding hydrogens is 346 g/mol. The van der Waals surface area contributed by atoms with Crippen molar-refractivity contribution >= 4 is 21.7 Å². The van der Waals surface area contributed by atoms with Gasteiger partial charge in [-0.25, -0.2) is 13.2 Å². The van der Waals surface area contributed by atoms with Gasteiger partial charge >= 0.3 is 5.97 Å². The van der Waals surface area contributed by atoms with Crippen molar-refractivity contribution < 1.29 is 27.8 Å². The van der Waals surface area contributed by atoms with Crippen LogP contribution in [0.1, 0.15) is 22.3 Å². The second kappa shape index (κ2) is 6.64. The molecule has 0 radical (unpaired) electrons. The van der Waals surface area contributed by atoms with Crippen LogP contribution in [-0.2, 0) is 10.0 Å². The van der Waals surface area contributed by atoms with Gasteiger partial charge in [-0.3, -0.25) is 4.72 Å². The highest BCUT2D eigenvalue weighted by molar-refractivity contribution is 7.92. The quantitative estimate of drug-likeness (QED) is 0.866. The Hall–Kier alpha value is -2.74. The second-order valence-electron chi connectivity index (χ2n) is 5.62. The monoisotopic (exact) mass is 363 g/mol. The molecule has 1 aliphatic heterocycles. The molecule has 2 aromatic carbocycles. The molecule has 25 heavy (non-hydrogen) atoms. The molecule has 1 heterocycles. The Morgan fingerprint density at radius 2 is 1.68 bits per heavy atom. The molecule has 7 nitrogen and oxygen atoms in total. The average molecular weight is 363 g/mol. The summed E-state index contributed by atoms with van der Waals surface area (Å²) in [6.45, 7) is 2.65. The van der Waals surface area contributed by atoms with Gasteiger partial charge in [0.1, 0.15) is 0 Å². The van der Waals surface area contributed by atoms with Crippen molar-refractivity contribution in [3.05, 3.63) is 47.5 Å². The molecule has 8 heteroatoms. The van der Waals surface area contributed by atoms with Gasteiger partial charge in [0.2, 0.25) is 0 Å². The van der Waals surface area contributed by atoms with Gasteiger partial charge in [-0.2, -0.15) is 0 Å². The third kappa shape index (κ3) is 3.69. The standard InChI is InChI=1S/C17H17NO6S/c1-11-3-5-12(6-4-11)25(21,22)18-14-10-16-15(9-13(14)17(19)20)23-7-2-8-24-16/h3-6,9-10,18H,2,7-8H2,1H3,(H,19,20). The van der Waals surface area contributed by atoms with Crippen molar-refractivity contribution in [3.8, 4) is 11.5 Å². The predicted octanol–water partition coefficient (Wildman–Crippen LogP) is 2.66. The SMILES string of the molecule is Cc1ccc(S(=O)(=O)Nc2cc3c(cc2C(=O)O)OCCCO3)cc1. The van der Waals surface area contributed by atoms with Gasteiger partial charge < -0.3 is 14.6 Å². The van der Waals surface area contributed by atoms with Crippen LogP contribution in [0.4, 0.5) is 5.69 Å². The van der Waals surface area contributed by atoms with E-state index < -0.39 is 16.0 Å². The number of carboxylic acids is 1. The van der Waals surface area contributed by atoms with E-state index in [0.29, 0.717) is 25.4 Å². The van der Waals surface area contributed by atoms with Crippen LogP contribution in [0, 0.1) is 6.92 Å². The molecule has 0 spiro atoms. The largest absolute Gasteiger partial charge is 0.490 e. The molecule has 0 atom stereocenters. The summed E-state index contributed by atoms with van der Waals surface area (Å²) in [4.78, 5) is 11.6. The van der Waals surface area contributed by atoms with Crippen LogP contribution in [0.15, 0.2) is 41.3 Å². The lowest BCUT2D eigenvalue weighted by Gasteiger charge is -2.14. The van der Waals surface area contributed by atoms with E-state index in [9.17, 15) is 18.3 Å². The maximum Gasteiger partial charge on any atom is 0.337 e. The second-order valence-corrected chi connectivity index (χ2v) is 7.30. The lowest BCUT2D eigenvalue weighted by molar-refractivity contribution is 0.0697. The Balaban J connectivity index is 2.02. The van der Waals surface area contributed by atoms with Gasteiger partial charge in [0.05, 0.1) is 29.4 Å². The van der Waals surface area contributed by atoms with Crippen molar-refractivity contribution in [1.82, 2.24) is 0 Å². The van der Waals surface area contributed by atoms with Crippen LogP contribution in [0.2, 0.25) is 0 Å². The fourth-order valence-electron chi connectivity index (χ4n) is 2.39. The Morgan fingerprint density at radius 1 is 1.08 bits per heavy atom. The fourth-order valence-corrected chi connectivity index (χ4v) is 3.46. The number of fused-ring (bicyclic) bond motifs is 1. The lowest BCUT2D eigenvalue weighted by atomic mass is 10.1. The zero-order valence-corrected chi connectivity index (χ0v) is 14.3. The molecule has 132 valence electrons. The third-order valence-electron chi connectivity index (χ3n) is 3.69. The zero-order chi connectivity index (χ0) is 18.0. The summed E-state index contributed by atoms with van der Waals surface area (Å²) in [6.07, 6.45) is 0.654. The summed E-state index contributed by atoms with van der Waals surface area (Å²) < 4.78 is 38.4. The molecule has 0 saturated carbocycles. The van der Waals surface area contributed by atoms with E-state index in [2.05, 4.69) is 4.72 Å². The normalized spacial score (nSPS) is 13.8. The summed E-state index contributed by atoms with van der Waals surface area (Å²) in [6, 6.07) is 8.87. The molecule has 0 saturated heterocycles. The minimum atomic E-state index is -3.93. The molecule has 0 amide bonds. The number of hydrogen-bond acceptors (Lipinski definition) is 5. The van der Waals surface area contributed by atoms with Gasteiger partial charge in [0.15, 0.2) is 11.5 Å². The van der Waals surface area contributed by atoms with Gasteiger partial charge in [-0.15, -0.1) is 0 Å². The van der Waals surface area contributed by atoms with Crippen molar-refractivity contribution in [2.24, 2.45) is 0 Å². The molecule has 0 aromatic heterocycles. The van der Waals surface area contributed by atoms with Crippen LogP contribution in [-0.4, -0.2) is 32.7 Å². The number of sulfonamides is 1. The first kappa shape index (κ1) is 17.1. The number of anilines is 1. The summed E-state index contributed by atoms with van der Waals surface area (Å²) in [5.41, 5.74) is 0.637. The summed E-state index contributed by atoms with van der Waals surface area (Å²) in [7, 11) is -3.93. The molecule has 2 N–H and O–H groups in total.